The molecule has 17 heavy (non-hydrogen) atoms. The Bertz CT molecular complexity index is 351. The molecule has 1 aromatic carbocycles. The van der Waals surface area contributed by atoms with Gasteiger partial charge in [0.05, 0.1) is 12.9 Å². The van der Waals surface area contributed by atoms with Gasteiger partial charge in [-0.3, -0.25) is 0 Å². The third kappa shape index (κ3) is 4.64. The van der Waals surface area contributed by atoms with Gasteiger partial charge in [-0.15, -0.1) is 0 Å². The van der Waals surface area contributed by atoms with E-state index in [1.165, 1.54) is 16.7 Å². The predicted molar refractivity (Wildman–Crippen MR) is 77.2 cm³/mol. The van der Waals surface area contributed by atoms with E-state index in [0.717, 1.165) is 18.6 Å². The molecule has 0 atom stereocenters. The number of methoxy groups -OCH3 is 1. The molecule has 1 aliphatic carbocycles. The zero-order chi connectivity index (χ0) is 13.3. The standard InChI is InChI=1S/C12H14O.2C2H6/c1-9-3-4-11-8-12(13-2)6-5-10(11)7-9;2*1-2/h3-4,7-8H,5-6H2,1-2H3;2*1-2H3. The van der Waals surface area contributed by atoms with Crippen LogP contribution in [-0.2, 0) is 11.2 Å². The molecule has 0 N–H and O–H groups in total. The first-order valence-electron chi connectivity index (χ1n) is 6.63. The van der Waals surface area contributed by atoms with Crippen molar-refractivity contribution in [1.82, 2.24) is 0 Å². The van der Waals surface area contributed by atoms with Gasteiger partial charge in [0, 0.05) is 6.42 Å². The summed E-state index contributed by atoms with van der Waals surface area (Å²) in [5.74, 6) is 1.09. The van der Waals surface area contributed by atoms with E-state index in [2.05, 4.69) is 31.2 Å². The summed E-state index contributed by atoms with van der Waals surface area (Å²) < 4.78 is 5.24. The predicted octanol–water partition coefficient (Wildman–Crippen LogP) is 4.98. The molecule has 0 spiro atoms. The molecule has 1 nitrogen and oxygen atoms in total. The van der Waals surface area contributed by atoms with Crippen molar-refractivity contribution in [2.45, 2.75) is 47.5 Å². The minimum atomic E-state index is 1.03. The van der Waals surface area contributed by atoms with Gasteiger partial charge in [-0.2, -0.15) is 0 Å². The van der Waals surface area contributed by atoms with Crippen molar-refractivity contribution in [3.63, 3.8) is 0 Å². The highest BCUT2D eigenvalue weighted by Crippen LogP contribution is 2.24. The fraction of sp³-hybridized carbons (Fsp3) is 0.500. The van der Waals surface area contributed by atoms with E-state index in [0.29, 0.717) is 0 Å². The summed E-state index contributed by atoms with van der Waals surface area (Å²) in [4.78, 5) is 0. The second kappa shape index (κ2) is 8.86. The Morgan fingerprint density at radius 2 is 1.65 bits per heavy atom. The number of aryl methyl sites for hydroxylation is 2. The highest BCUT2D eigenvalue weighted by atomic mass is 16.5. The Morgan fingerprint density at radius 3 is 2.24 bits per heavy atom. The SMILES string of the molecule is CC.CC.COC1=Cc2ccc(C)cc2CC1. The van der Waals surface area contributed by atoms with Gasteiger partial charge in [0.1, 0.15) is 0 Å². The quantitative estimate of drug-likeness (QED) is 0.666. The van der Waals surface area contributed by atoms with Crippen LogP contribution in [0.1, 0.15) is 50.8 Å². The topological polar surface area (TPSA) is 9.23 Å². The van der Waals surface area contributed by atoms with Crippen LogP contribution in [0.4, 0.5) is 0 Å². The monoisotopic (exact) mass is 234 g/mol. The minimum Gasteiger partial charge on any atom is -0.501 e. The molecule has 0 unspecified atom stereocenters. The van der Waals surface area contributed by atoms with E-state index in [9.17, 15) is 0 Å². The van der Waals surface area contributed by atoms with Gasteiger partial charge in [-0.1, -0.05) is 51.5 Å². The van der Waals surface area contributed by atoms with Gasteiger partial charge in [0.15, 0.2) is 0 Å². The van der Waals surface area contributed by atoms with Crippen LogP contribution in [0.2, 0.25) is 0 Å². The molecule has 0 saturated carbocycles. The van der Waals surface area contributed by atoms with Crippen molar-refractivity contribution in [2.24, 2.45) is 0 Å². The van der Waals surface area contributed by atoms with E-state index < -0.39 is 0 Å². The van der Waals surface area contributed by atoms with Crippen molar-refractivity contribution in [3.05, 3.63) is 40.6 Å². The van der Waals surface area contributed by atoms with Crippen molar-refractivity contribution >= 4 is 6.08 Å². The molecule has 2 rings (SSSR count). The number of benzene rings is 1. The summed E-state index contributed by atoms with van der Waals surface area (Å²) in [5.41, 5.74) is 4.10. The first kappa shape index (κ1) is 15.8. The second-order valence-electron chi connectivity index (χ2n) is 3.52. The molecule has 0 bridgehead atoms. The Kier molecular flexibility index (Phi) is 8.21. The number of rotatable bonds is 1. The molecular formula is C16H26O. The number of fused-ring (bicyclic) bond motifs is 1. The molecule has 1 aromatic rings. The molecule has 0 amide bonds. The Balaban J connectivity index is 0.000000581. The fourth-order valence-corrected chi connectivity index (χ4v) is 1.76. The summed E-state index contributed by atoms with van der Waals surface area (Å²) in [6.45, 7) is 10.1. The lowest BCUT2D eigenvalue weighted by Gasteiger charge is -2.15. The van der Waals surface area contributed by atoms with Crippen LogP contribution >= 0.6 is 0 Å². The van der Waals surface area contributed by atoms with Gasteiger partial charge in [-0.05, 0) is 30.5 Å². The van der Waals surface area contributed by atoms with E-state index >= 15 is 0 Å². The molecule has 0 aliphatic heterocycles. The van der Waals surface area contributed by atoms with Gasteiger partial charge in [0.25, 0.3) is 0 Å². The van der Waals surface area contributed by atoms with Crippen LogP contribution in [0, 0.1) is 6.92 Å². The van der Waals surface area contributed by atoms with E-state index in [1.807, 2.05) is 27.7 Å². The molecule has 96 valence electrons. The molecule has 0 heterocycles. The first-order valence-corrected chi connectivity index (χ1v) is 6.63. The normalized spacial score (nSPS) is 12.0. The lowest BCUT2D eigenvalue weighted by molar-refractivity contribution is 0.280. The summed E-state index contributed by atoms with van der Waals surface area (Å²) >= 11 is 0. The highest BCUT2D eigenvalue weighted by Gasteiger charge is 2.09. The largest absolute Gasteiger partial charge is 0.501 e. The van der Waals surface area contributed by atoms with Gasteiger partial charge >= 0.3 is 0 Å². The third-order valence-corrected chi connectivity index (χ3v) is 2.52. The Labute approximate surface area is 107 Å². The van der Waals surface area contributed by atoms with Crippen LogP contribution in [-0.4, -0.2) is 7.11 Å². The third-order valence-electron chi connectivity index (χ3n) is 2.52. The maximum atomic E-state index is 5.24. The number of hydrogen-bond acceptors (Lipinski definition) is 1. The molecule has 1 heteroatoms. The molecule has 0 saturated heterocycles. The average molecular weight is 234 g/mol. The smallest absolute Gasteiger partial charge is 0.0964 e. The van der Waals surface area contributed by atoms with Gasteiger partial charge in [0.2, 0.25) is 0 Å². The average Bonchev–Trinajstić information content (AvgIpc) is 2.42. The second-order valence-corrected chi connectivity index (χ2v) is 3.52. The molecule has 0 radical (unpaired) electrons. The fourth-order valence-electron chi connectivity index (χ4n) is 1.76. The lowest BCUT2D eigenvalue weighted by Crippen LogP contribution is -2.00. The molecule has 0 fully saturated rings. The van der Waals surface area contributed by atoms with Crippen LogP contribution < -0.4 is 0 Å². The van der Waals surface area contributed by atoms with Crippen molar-refractivity contribution in [3.8, 4) is 0 Å². The van der Waals surface area contributed by atoms with Gasteiger partial charge < -0.3 is 4.74 Å². The number of hydrogen-bond donors (Lipinski definition) is 0. The number of ether oxygens (including phenoxy) is 1. The van der Waals surface area contributed by atoms with Gasteiger partial charge in [-0.25, -0.2) is 0 Å². The summed E-state index contributed by atoms with van der Waals surface area (Å²) in [6.07, 6.45) is 4.28. The summed E-state index contributed by atoms with van der Waals surface area (Å²) in [6, 6.07) is 6.58. The Morgan fingerprint density at radius 1 is 1.00 bits per heavy atom. The molecular weight excluding hydrogens is 208 g/mol. The zero-order valence-corrected chi connectivity index (χ0v) is 12.1. The minimum absolute atomic E-state index is 1.03. The molecule has 1 aliphatic rings. The highest BCUT2D eigenvalue weighted by molar-refractivity contribution is 5.58. The number of allylic oxidation sites excluding steroid dienone is 1. The van der Waals surface area contributed by atoms with Crippen LogP contribution in [0.3, 0.4) is 0 Å². The van der Waals surface area contributed by atoms with Crippen LogP contribution in [0.25, 0.3) is 6.08 Å². The van der Waals surface area contributed by atoms with Crippen LogP contribution in [0.15, 0.2) is 24.0 Å². The van der Waals surface area contributed by atoms with E-state index in [1.54, 1.807) is 7.11 Å². The zero-order valence-electron chi connectivity index (χ0n) is 12.1. The maximum Gasteiger partial charge on any atom is 0.0964 e. The van der Waals surface area contributed by atoms with Crippen molar-refractivity contribution in [2.75, 3.05) is 7.11 Å². The molecule has 0 aromatic heterocycles. The Hall–Kier alpha value is -1.24. The van der Waals surface area contributed by atoms with Crippen molar-refractivity contribution in [1.29, 1.82) is 0 Å². The maximum absolute atomic E-state index is 5.24. The first-order chi connectivity index (χ1) is 8.29. The summed E-state index contributed by atoms with van der Waals surface area (Å²) in [5, 5.41) is 0. The summed E-state index contributed by atoms with van der Waals surface area (Å²) in [7, 11) is 1.74. The van der Waals surface area contributed by atoms with E-state index in [4.69, 9.17) is 4.74 Å². The van der Waals surface area contributed by atoms with Crippen molar-refractivity contribution < 1.29 is 4.74 Å². The van der Waals surface area contributed by atoms with Crippen LogP contribution in [0.5, 0.6) is 0 Å². The van der Waals surface area contributed by atoms with E-state index in [-0.39, 0.29) is 0 Å². The lowest BCUT2D eigenvalue weighted by atomic mass is 9.95.